The monoisotopic (exact) mass is 373 g/mol. The van der Waals surface area contributed by atoms with E-state index in [-0.39, 0.29) is 18.1 Å². The fourth-order valence-corrected chi connectivity index (χ4v) is 3.40. The van der Waals surface area contributed by atoms with Crippen LogP contribution in [0.4, 0.5) is 0 Å². The van der Waals surface area contributed by atoms with Crippen LogP contribution in [0.1, 0.15) is 27.3 Å². The molecule has 28 heavy (non-hydrogen) atoms. The number of fused-ring (bicyclic) bond motifs is 1. The van der Waals surface area contributed by atoms with Crippen LogP contribution in [0.25, 0.3) is 11.8 Å². The minimum atomic E-state index is -1.08. The van der Waals surface area contributed by atoms with E-state index in [0.29, 0.717) is 18.5 Å². The Bertz CT molecular complexity index is 1040. The van der Waals surface area contributed by atoms with Crippen LogP contribution >= 0.6 is 0 Å². The fraction of sp³-hybridized carbons (Fsp3) is 0.136. The first kappa shape index (κ1) is 17.7. The fourth-order valence-electron chi connectivity index (χ4n) is 3.40. The molecular formula is C22H19N3O3. The predicted molar refractivity (Wildman–Crippen MR) is 105 cm³/mol. The first-order chi connectivity index (χ1) is 13.6. The molecule has 0 radical (unpaired) electrons. The van der Waals surface area contributed by atoms with E-state index in [9.17, 15) is 14.7 Å². The number of carbonyl (C=O) groups is 2. The van der Waals surface area contributed by atoms with Gasteiger partial charge in [-0.1, -0.05) is 48.5 Å². The molecule has 1 aromatic heterocycles. The van der Waals surface area contributed by atoms with Gasteiger partial charge in [0.25, 0.3) is 0 Å². The maximum absolute atomic E-state index is 12.6. The number of carboxylic acid groups (broad SMARTS) is 1. The summed E-state index contributed by atoms with van der Waals surface area (Å²) in [4.78, 5) is 26.0. The quantitative estimate of drug-likeness (QED) is 0.713. The Morgan fingerprint density at radius 3 is 2.36 bits per heavy atom. The Balaban J connectivity index is 1.61. The first-order valence-electron chi connectivity index (χ1n) is 9.05. The zero-order valence-corrected chi connectivity index (χ0v) is 15.2. The highest BCUT2D eigenvalue weighted by Crippen LogP contribution is 2.25. The van der Waals surface area contributed by atoms with Crippen molar-refractivity contribution >= 4 is 18.0 Å². The van der Waals surface area contributed by atoms with Gasteiger partial charge in [-0.05, 0) is 23.8 Å². The van der Waals surface area contributed by atoms with E-state index in [0.717, 1.165) is 16.9 Å². The van der Waals surface area contributed by atoms with Gasteiger partial charge in [-0.3, -0.25) is 4.79 Å². The summed E-state index contributed by atoms with van der Waals surface area (Å²) >= 11 is 0. The zero-order chi connectivity index (χ0) is 19.5. The second-order valence-corrected chi connectivity index (χ2v) is 6.58. The standard InChI is InChI=1S/C22H19N3O3/c26-20(12-11-16-7-3-1-4-8-16)24-14-13-19-18(15-24)21(22(27)28)23-25(19)17-9-5-2-6-10-17/h1-12H,13-15H2,(H,27,28)/b12-11+. The van der Waals surface area contributed by atoms with Crippen molar-refractivity contribution in [2.45, 2.75) is 13.0 Å². The van der Waals surface area contributed by atoms with E-state index in [4.69, 9.17) is 0 Å². The Morgan fingerprint density at radius 1 is 1.00 bits per heavy atom. The van der Waals surface area contributed by atoms with Crippen molar-refractivity contribution < 1.29 is 14.7 Å². The Morgan fingerprint density at radius 2 is 1.68 bits per heavy atom. The molecule has 0 aliphatic carbocycles. The number of para-hydroxylation sites is 1. The van der Waals surface area contributed by atoms with Gasteiger partial charge in [-0.15, -0.1) is 0 Å². The summed E-state index contributed by atoms with van der Waals surface area (Å²) < 4.78 is 1.68. The second-order valence-electron chi connectivity index (χ2n) is 6.58. The molecule has 1 amide bonds. The van der Waals surface area contributed by atoms with E-state index in [2.05, 4.69) is 5.10 Å². The van der Waals surface area contributed by atoms with Gasteiger partial charge in [-0.25, -0.2) is 9.48 Å². The number of aromatic nitrogens is 2. The van der Waals surface area contributed by atoms with Crippen molar-refractivity contribution in [2.24, 2.45) is 0 Å². The molecule has 2 heterocycles. The van der Waals surface area contributed by atoms with Gasteiger partial charge in [0.1, 0.15) is 0 Å². The van der Waals surface area contributed by atoms with Crippen LogP contribution in [-0.4, -0.2) is 38.2 Å². The molecule has 140 valence electrons. The molecule has 0 saturated carbocycles. The van der Waals surface area contributed by atoms with Crippen LogP contribution in [0.3, 0.4) is 0 Å². The molecule has 0 atom stereocenters. The first-order valence-corrected chi connectivity index (χ1v) is 9.05. The zero-order valence-electron chi connectivity index (χ0n) is 15.2. The number of benzene rings is 2. The van der Waals surface area contributed by atoms with Crippen molar-refractivity contribution in [1.82, 2.24) is 14.7 Å². The molecule has 6 nitrogen and oxygen atoms in total. The molecule has 1 aliphatic rings. The third-order valence-electron chi connectivity index (χ3n) is 4.79. The van der Waals surface area contributed by atoms with Gasteiger partial charge >= 0.3 is 5.97 Å². The van der Waals surface area contributed by atoms with Crippen molar-refractivity contribution in [3.8, 4) is 5.69 Å². The van der Waals surface area contributed by atoms with Crippen LogP contribution in [0.2, 0.25) is 0 Å². The van der Waals surface area contributed by atoms with Crippen LogP contribution in [-0.2, 0) is 17.8 Å². The number of hydrogen-bond acceptors (Lipinski definition) is 3. The molecular weight excluding hydrogens is 354 g/mol. The molecule has 0 fully saturated rings. The summed E-state index contributed by atoms with van der Waals surface area (Å²) in [6, 6.07) is 19.0. The lowest BCUT2D eigenvalue weighted by Crippen LogP contribution is -2.35. The SMILES string of the molecule is O=C(O)c1nn(-c2ccccc2)c2c1CN(C(=O)/C=C/c1ccccc1)CC2. The number of hydrogen-bond donors (Lipinski definition) is 1. The summed E-state index contributed by atoms with van der Waals surface area (Å²) in [7, 11) is 0. The molecule has 0 unspecified atom stereocenters. The van der Waals surface area contributed by atoms with E-state index in [1.165, 1.54) is 6.08 Å². The third kappa shape index (κ3) is 3.44. The van der Waals surface area contributed by atoms with Gasteiger partial charge < -0.3 is 10.0 Å². The number of nitrogens with zero attached hydrogens (tertiary/aromatic N) is 3. The molecule has 4 rings (SSSR count). The summed E-state index contributed by atoms with van der Waals surface area (Å²) in [6.45, 7) is 0.754. The Hall–Kier alpha value is -3.67. The predicted octanol–water partition coefficient (Wildman–Crippen LogP) is 3.17. The largest absolute Gasteiger partial charge is 0.476 e. The molecule has 1 N–H and O–H groups in total. The van der Waals surface area contributed by atoms with E-state index >= 15 is 0 Å². The normalized spacial score (nSPS) is 13.5. The van der Waals surface area contributed by atoms with Crippen molar-refractivity contribution in [3.63, 3.8) is 0 Å². The van der Waals surface area contributed by atoms with Crippen LogP contribution in [0.5, 0.6) is 0 Å². The molecule has 0 saturated heterocycles. The summed E-state index contributed by atoms with van der Waals surface area (Å²) in [5.74, 6) is -1.22. The third-order valence-corrected chi connectivity index (χ3v) is 4.79. The van der Waals surface area contributed by atoms with Gasteiger partial charge in [0.2, 0.25) is 5.91 Å². The highest BCUT2D eigenvalue weighted by atomic mass is 16.4. The molecule has 2 aromatic carbocycles. The van der Waals surface area contributed by atoms with Gasteiger partial charge in [0.05, 0.1) is 17.9 Å². The van der Waals surface area contributed by atoms with Crippen LogP contribution in [0.15, 0.2) is 66.7 Å². The molecule has 0 spiro atoms. The molecule has 6 heteroatoms. The molecule has 1 aliphatic heterocycles. The van der Waals surface area contributed by atoms with Crippen molar-refractivity contribution in [3.05, 3.63) is 89.3 Å². The maximum Gasteiger partial charge on any atom is 0.356 e. The highest BCUT2D eigenvalue weighted by molar-refractivity contribution is 5.92. The second kappa shape index (κ2) is 7.52. The molecule has 3 aromatic rings. The molecule has 0 bridgehead atoms. The van der Waals surface area contributed by atoms with Gasteiger partial charge in [0.15, 0.2) is 5.69 Å². The van der Waals surface area contributed by atoms with Crippen molar-refractivity contribution in [2.75, 3.05) is 6.54 Å². The average Bonchev–Trinajstić information content (AvgIpc) is 3.12. The lowest BCUT2D eigenvalue weighted by molar-refractivity contribution is -0.126. The Kier molecular flexibility index (Phi) is 4.76. The summed E-state index contributed by atoms with van der Waals surface area (Å²) in [6.07, 6.45) is 3.85. The van der Waals surface area contributed by atoms with E-state index < -0.39 is 5.97 Å². The highest BCUT2D eigenvalue weighted by Gasteiger charge is 2.29. The van der Waals surface area contributed by atoms with Gasteiger partial charge in [-0.2, -0.15) is 5.10 Å². The number of rotatable bonds is 4. The van der Waals surface area contributed by atoms with E-state index in [1.54, 1.807) is 15.7 Å². The topological polar surface area (TPSA) is 75.4 Å². The smallest absolute Gasteiger partial charge is 0.356 e. The summed E-state index contributed by atoms with van der Waals surface area (Å²) in [5.41, 5.74) is 3.21. The number of amides is 1. The average molecular weight is 373 g/mol. The minimum Gasteiger partial charge on any atom is -0.476 e. The van der Waals surface area contributed by atoms with Crippen LogP contribution in [0, 0.1) is 0 Å². The Labute approximate surface area is 162 Å². The lowest BCUT2D eigenvalue weighted by atomic mass is 10.0. The number of carbonyl (C=O) groups excluding carboxylic acids is 1. The van der Waals surface area contributed by atoms with E-state index in [1.807, 2.05) is 60.7 Å². The number of aromatic carboxylic acids is 1. The lowest BCUT2D eigenvalue weighted by Gasteiger charge is -2.26. The van der Waals surface area contributed by atoms with Crippen molar-refractivity contribution in [1.29, 1.82) is 0 Å². The minimum absolute atomic E-state index is 0.00314. The summed E-state index contributed by atoms with van der Waals surface area (Å²) in [5, 5.41) is 13.9. The van der Waals surface area contributed by atoms with Crippen LogP contribution < -0.4 is 0 Å². The maximum atomic E-state index is 12.6. The van der Waals surface area contributed by atoms with Gasteiger partial charge in [0, 0.05) is 24.6 Å². The number of carboxylic acids is 1.